The Kier molecular flexibility index (Phi) is 18.9. The minimum absolute atomic E-state index is 0. The van der Waals surface area contributed by atoms with Crippen molar-refractivity contribution < 1.29 is 21.7 Å². The van der Waals surface area contributed by atoms with E-state index in [2.05, 4.69) is 98.1 Å². The molecule has 2 aromatic rings. The summed E-state index contributed by atoms with van der Waals surface area (Å²) in [6.07, 6.45) is 22.3. The molecular formula is C26H31SiTi. The van der Waals surface area contributed by atoms with Crippen molar-refractivity contribution in [2.24, 2.45) is 0 Å². The summed E-state index contributed by atoms with van der Waals surface area (Å²) in [7, 11) is 0.750. The Morgan fingerprint density at radius 1 is 0.679 bits per heavy atom. The molecule has 0 aromatic heterocycles. The third-order valence-electron chi connectivity index (χ3n) is 3.56. The predicted octanol–water partition coefficient (Wildman–Crippen LogP) is 6.60. The maximum absolute atomic E-state index is 2.99. The molecule has 2 aliphatic carbocycles. The largest absolute Gasteiger partial charge is 2.00 e. The van der Waals surface area contributed by atoms with Crippen molar-refractivity contribution in [2.75, 3.05) is 0 Å². The second kappa shape index (κ2) is 20.1. The number of allylic oxidation sites excluding steroid dienone is 8. The van der Waals surface area contributed by atoms with Crippen LogP contribution < -0.4 is 0 Å². The monoisotopic (exact) mass is 419 g/mol. The fourth-order valence-electron chi connectivity index (χ4n) is 2.26. The van der Waals surface area contributed by atoms with Crippen LogP contribution in [0.1, 0.15) is 24.0 Å². The number of aryl methyl sites for hydroxylation is 2. The van der Waals surface area contributed by atoms with Gasteiger partial charge in [-0.2, -0.15) is 12.2 Å². The van der Waals surface area contributed by atoms with Crippen molar-refractivity contribution in [3.8, 4) is 0 Å². The summed E-state index contributed by atoms with van der Waals surface area (Å²) >= 11 is 0. The summed E-state index contributed by atoms with van der Waals surface area (Å²) in [5.74, 6) is 0. The molecule has 143 valence electrons. The standard InChI is InChI=1S/C14H14.2C5H5.C2H7Si.Ti/c1-3-7-13(8-4-1)11-12-14-9-5-2-6-10-14;2*1-2-4-5-3-1;1-3-2;/h1-10H,11-12H2;2*1-3H,4H2;3H,1-2H3;/q;2*-1;;+2. The molecule has 0 bridgehead atoms. The van der Waals surface area contributed by atoms with E-state index in [0.29, 0.717) is 0 Å². The maximum atomic E-state index is 2.99. The molecule has 0 unspecified atom stereocenters. The van der Waals surface area contributed by atoms with Crippen LogP contribution in [0.15, 0.2) is 97.1 Å². The second-order valence-electron chi connectivity index (χ2n) is 6.05. The van der Waals surface area contributed by atoms with E-state index in [-0.39, 0.29) is 21.7 Å². The molecule has 28 heavy (non-hydrogen) atoms. The van der Waals surface area contributed by atoms with E-state index < -0.39 is 0 Å². The van der Waals surface area contributed by atoms with Crippen LogP contribution in [0.4, 0.5) is 0 Å². The molecule has 0 N–H and O–H groups in total. The van der Waals surface area contributed by atoms with E-state index in [1.807, 2.05) is 24.3 Å². The Morgan fingerprint density at radius 3 is 1.25 bits per heavy atom. The van der Waals surface area contributed by atoms with Gasteiger partial charge in [0.05, 0.1) is 0 Å². The van der Waals surface area contributed by atoms with Crippen LogP contribution in [0.3, 0.4) is 0 Å². The molecule has 0 heterocycles. The molecule has 0 atom stereocenters. The van der Waals surface area contributed by atoms with Crippen molar-refractivity contribution in [1.82, 2.24) is 0 Å². The quantitative estimate of drug-likeness (QED) is 0.388. The van der Waals surface area contributed by atoms with Crippen LogP contribution in [0.5, 0.6) is 0 Å². The van der Waals surface area contributed by atoms with Crippen LogP contribution in [0.25, 0.3) is 0 Å². The SMILES string of the molecule is C[SiH]C.[C-]1=CC=CC1.[C-]1=CC=CC1.[Ti+2].c1ccc(CCc2ccccc2)cc1. The fourth-order valence-corrected chi connectivity index (χ4v) is 2.26. The number of rotatable bonds is 3. The van der Waals surface area contributed by atoms with Gasteiger partial charge in [-0.3, -0.25) is 12.2 Å². The zero-order valence-corrected chi connectivity index (χ0v) is 19.9. The van der Waals surface area contributed by atoms with Crippen LogP contribution in [-0.4, -0.2) is 9.52 Å². The van der Waals surface area contributed by atoms with Crippen LogP contribution in [-0.2, 0) is 34.6 Å². The van der Waals surface area contributed by atoms with Crippen molar-refractivity contribution in [2.45, 2.75) is 38.8 Å². The zero-order chi connectivity index (χ0) is 19.4. The first-order valence-electron chi connectivity index (χ1n) is 9.62. The van der Waals surface area contributed by atoms with Gasteiger partial charge in [-0.05, 0) is 24.0 Å². The summed E-state index contributed by atoms with van der Waals surface area (Å²) in [6.45, 7) is 4.42. The summed E-state index contributed by atoms with van der Waals surface area (Å²) in [6, 6.07) is 21.2. The Hall–Kier alpha value is -1.67. The molecule has 2 aliphatic rings. The normalized spacial score (nSPS) is 11.9. The first kappa shape index (κ1) is 26.3. The van der Waals surface area contributed by atoms with E-state index in [0.717, 1.165) is 35.2 Å². The minimum atomic E-state index is 0. The van der Waals surface area contributed by atoms with Gasteiger partial charge in [0.1, 0.15) is 0 Å². The van der Waals surface area contributed by atoms with Gasteiger partial charge in [-0.15, -0.1) is 12.8 Å². The van der Waals surface area contributed by atoms with Gasteiger partial charge in [0.15, 0.2) is 0 Å². The molecule has 2 heteroatoms. The molecule has 0 saturated heterocycles. The number of hydrogen-bond donors (Lipinski definition) is 0. The van der Waals surface area contributed by atoms with Crippen molar-refractivity contribution in [3.05, 3.63) is 120 Å². The van der Waals surface area contributed by atoms with Crippen LogP contribution in [0.2, 0.25) is 13.1 Å². The van der Waals surface area contributed by atoms with E-state index >= 15 is 0 Å². The average molecular weight is 419 g/mol. The summed E-state index contributed by atoms with van der Waals surface area (Å²) in [4.78, 5) is 0. The molecule has 0 saturated carbocycles. The molecule has 4 rings (SSSR count). The van der Waals surface area contributed by atoms with E-state index in [9.17, 15) is 0 Å². The Bertz CT molecular complexity index is 603. The van der Waals surface area contributed by atoms with Gasteiger partial charge in [0.25, 0.3) is 0 Å². The summed E-state index contributed by atoms with van der Waals surface area (Å²) in [5.41, 5.74) is 2.83. The Balaban J connectivity index is 0.000000428. The average Bonchev–Trinajstić information content (AvgIpc) is 3.48. The smallest absolute Gasteiger partial charge is 0.273 e. The van der Waals surface area contributed by atoms with Gasteiger partial charge in [0, 0.05) is 9.52 Å². The van der Waals surface area contributed by atoms with E-state index in [4.69, 9.17) is 0 Å². The molecule has 0 aliphatic heterocycles. The van der Waals surface area contributed by atoms with Crippen molar-refractivity contribution in [1.29, 1.82) is 0 Å². The molecular weight excluding hydrogens is 388 g/mol. The Labute approximate surface area is 189 Å². The van der Waals surface area contributed by atoms with Gasteiger partial charge in [0.2, 0.25) is 0 Å². The first-order chi connectivity index (χ1) is 13.4. The Morgan fingerprint density at radius 2 is 1.04 bits per heavy atom. The molecule has 0 amide bonds. The minimum Gasteiger partial charge on any atom is -0.273 e. The van der Waals surface area contributed by atoms with Gasteiger partial charge in [-0.1, -0.05) is 73.8 Å². The molecule has 1 radical (unpaired) electrons. The van der Waals surface area contributed by atoms with E-state index in [1.165, 1.54) is 11.1 Å². The first-order valence-corrected chi connectivity index (χ1v) is 11.9. The second-order valence-corrected chi connectivity index (χ2v) is 7.21. The molecule has 0 nitrogen and oxygen atoms in total. The number of hydrogen-bond acceptors (Lipinski definition) is 0. The zero-order valence-electron chi connectivity index (χ0n) is 17.1. The van der Waals surface area contributed by atoms with Crippen LogP contribution in [0, 0.1) is 12.2 Å². The third-order valence-corrected chi connectivity index (χ3v) is 3.56. The van der Waals surface area contributed by atoms with Crippen molar-refractivity contribution in [3.63, 3.8) is 0 Å². The van der Waals surface area contributed by atoms with Gasteiger partial charge >= 0.3 is 21.7 Å². The summed E-state index contributed by atoms with van der Waals surface area (Å²) in [5, 5.41) is 0. The topological polar surface area (TPSA) is 0 Å². The van der Waals surface area contributed by atoms with Crippen molar-refractivity contribution >= 4 is 9.52 Å². The fraction of sp³-hybridized carbons (Fsp3) is 0.231. The van der Waals surface area contributed by atoms with Crippen LogP contribution >= 0.6 is 0 Å². The number of benzene rings is 2. The third kappa shape index (κ3) is 15.4. The molecule has 0 fully saturated rings. The predicted molar refractivity (Wildman–Crippen MR) is 122 cm³/mol. The van der Waals surface area contributed by atoms with Gasteiger partial charge < -0.3 is 0 Å². The molecule has 0 spiro atoms. The summed E-state index contributed by atoms with van der Waals surface area (Å²) < 4.78 is 0. The molecule has 2 aromatic carbocycles. The maximum Gasteiger partial charge on any atom is 2.00 e. The van der Waals surface area contributed by atoms with Gasteiger partial charge in [-0.25, -0.2) is 24.3 Å². The van der Waals surface area contributed by atoms with E-state index in [1.54, 1.807) is 0 Å².